The second-order valence-corrected chi connectivity index (χ2v) is 4.47. The lowest BCUT2D eigenvalue weighted by Gasteiger charge is -2.19. The van der Waals surface area contributed by atoms with Gasteiger partial charge in [-0.3, -0.25) is 4.79 Å². The number of rotatable bonds is 4. The molecular weight excluding hydrogens is 235 g/mol. The molecule has 6 heteroatoms. The van der Waals surface area contributed by atoms with E-state index in [1.54, 1.807) is 0 Å². The third-order valence-electron chi connectivity index (χ3n) is 2.81. The number of aliphatic carboxylic acids is 1. The fraction of sp³-hybridized carbons (Fsp3) is 0.727. The second kappa shape index (κ2) is 6.05. The topological polar surface area (TPSA) is 63.3 Å². The van der Waals surface area contributed by atoms with Gasteiger partial charge in [-0.2, -0.15) is 0 Å². The number of carboxylic acid groups (broad SMARTS) is 1. The number of carbonyl (C=O) groups is 1. The van der Waals surface area contributed by atoms with E-state index in [-0.39, 0.29) is 25.7 Å². The Morgan fingerprint density at radius 1 is 1.53 bits per heavy atom. The highest BCUT2D eigenvalue weighted by molar-refractivity contribution is 5.67. The van der Waals surface area contributed by atoms with Crippen molar-refractivity contribution in [1.29, 1.82) is 0 Å². The molecule has 0 saturated carbocycles. The van der Waals surface area contributed by atoms with Crippen LogP contribution in [0, 0.1) is 5.92 Å². The number of halogens is 3. The quantitative estimate of drug-likeness (QED) is 0.804. The molecule has 0 spiro atoms. The Bertz CT molecular complexity index is 309. The first-order chi connectivity index (χ1) is 7.88. The van der Waals surface area contributed by atoms with Crippen LogP contribution in [0.15, 0.2) is 11.9 Å². The predicted octanol–water partition coefficient (Wildman–Crippen LogP) is 2.12. The molecule has 1 aliphatic rings. The smallest absolute Gasteiger partial charge is 0.304 e. The largest absolute Gasteiger partial charge is 0.481 e. The minimum atomic E-state index is -1.81. The normalized spacial score (nSPS) is 31.5. The predicted molar refractivity (Wildman–Crippen MR) is 56.6 cm³/mol. The van der Waals surface area contributed by atoms with Crippen molar-refractivity contribution in [3.8, 4) is 0 Å². The fourth-order valence-electron chi connectivity index (χ4n) is 2.09. The van der Waals surface area contributed by atoms with Gasteiger partial charge in [0.15, 0.2) is 6.17 Å². The van der Waals surface area contributed by atoms with Gasteiger partial charge >= 0.3 is 5.97 Å². The first-order valence-corrected chi connectivity index (χ1v) is 5.51. The number of allylic oxidation sites excluding steroid dienone is 2. The molecule has 4 atom stereocenters. The van der Waals surface area contributed by atoms with Crippen molar-refractivity contribution in [3.63, 3.8) is 0 Å². The summed E-state index contributed by atoms with van der Waals surface area (Å²) in [6.07, 6.45) is -2.91. The van der Waals surface area contributed by atoms with E-state index >= 15 is 0 Å². The molecule has 0 heterocycles. The summed E-state index contributed by atoms with van der Waals surface area (Å²) in [4.78, 5) is 10.4. The van der Waals surface area contributed by atoms with Crippen LogP contribution < -0.4 is 5.73 Å². The van der Waals surface area contributed by atoms with Gasteiger partial charge in [0.25, 0.3) is 0 Å². The standard InChI is InChI=1S/C11H16F3NO2/c12-7-1-6(2-8(15)5-11(16)17)3-9(13)10(14)4-7/h4,6-9H,1-3,5,15H2,(H,16,17). The van der Waals surface area contributed by atoms with E-state index in [0.717, 1.165) is 0 Å². The lowest BCUT2D eigenvalue weighted by atomic mass is 9.90. The maximum atomic E-state index is 13.2. The Hall–Kier alpha value is -1.04. The summed E-state index contributed by atoms with van der Waals surface area (Å²) in [7, 11) is 0. The van der Waals surface area contributed by atoms with Crippen LogP contribution in [0.1, 0.15) is 25.7 Å². The average molecular weight is 251 g/mol. The molecule has 3 N–H and O–H groups in total. The van der Waals surface area contributed by atoms with Gasteiger partial charge in [0.05, 0.1) is 6.42 Å². The Labute approximate surface area is 97.5 Å². The Balaban J connectivity index is 2.52. The van der Waals surface area contributed by atoms with Crippen LogP contribution in [-0.4, -0.2) is 29.5 Å². The molecule has 98 valence electrons. The van der Waals surface area contributed by atoms with Crippen molar-refractivity contribution in [2.45, 2.75) is 44.1 Å². The third-order valence-corrected chi connectivity index (χ3v) is 2.81. The molecule has 0 aromatic heterocycles. The van der Waals surface area contributed by atoms with Crippen LogP contribution in [0.3, 0.4) is 0 Å². The minimum absolute atomic E-state index is 0.0127. The highest BCUT2D eigenvalue weighted by Gasteiger charge is 2.28. The monoisotopic (exact) mass is 251 g/mol. The molecule has 0 aromatic carbocycles. The van der Waals surface area contributed by atoms with E-state index in [9.17, 15) is 18.0 Å². The van der Waals surface area contributed by atoms with Crippen molar-refractivity contribution in [3.05, 3.63) is 11.9 Å². The lowest BCUT2D eigenvalue weighted by Crippen LogP contribution is -2.28. The first-order valence-electron chi connectivity index (χ1n) is 5.51. The van der Waals surface area contributed by atoms with Crippen LogP contribution in [0.25, 0.3) is 0 Å². The van der Waals surface area contributed by atoms with Crippen molar-refractivity contribution < 1.29 is 23.1 Å². The average Bonchev–Trinajstić information content (AvgIpc) is 2.24. The molecule has 1 rings (SSSR count). The number of hydrogen-bond acceptors (Lipinski definition) is 2. The number of alkyl halides is 2. The Kier molecular flexibility index (Phi) is 4.99. The van der Waals surface area contributed by atoms with Crippen LogP contribution >= 0.6 is 0 Å². The fourth-order valence-corrected chi connectivity index (χ4v) is 2.09. The molecule has 0 amide bonds. The van der Waals surface area contributed by atoms with Gasteiger partial charge in [0.2, 0.25) is 0 Å². The van der Waals surface area contributed by atoms with Gasteiger partial charge < -0.3 is 10.8 Å². The highest BCUT2D eigenvalue weighted by Crippen LogP contribution is 2.30. The SMILES string of the molecule is NC(CC(=O)O)CC1CC(F)C=C(F)C(F)C1. The van der Waals surface area contributed by atoms with E-state index in [2.05, 4.69) is 0 Å². The van der Waals surface area contributed by atoms with Crippen molar-refractivity contribution in [2.24, 2.45) is 11.7 Å². The molecule has 1 aliphatic carbocycles. The van der Waals surface area contributed by atoms with Gasteiger partial charge in [0.1, 0.15) is 12.0 Å². The maximum Gasteiger partial charge on any atom is 0.304 e. The summed E-state index contributed by atoms with van der Waals surface area (Å²) in [6, 6.07) is -0.655. The van der Waals surface area contributed by atoms with Gasteiger partial charge in [-0.25, -0.2) is 13.2 Å². The van der Waals surface area contributed by atoms with Gasteiger partial charge in [0, 0.05) is 6.04 Å². The highest BCUT2D eigenvalue weighted by atomic mass is 19.2. The van der Waals surface area contributed by atoms with Crippen LogP contribution in [0.5, 0.6) is 0 Å². The zero-order valence-corrected chi connectivity index (χ0v) is 9.28. The van der Waals surface area contributed by atoms with Crippen LogP contribution in [0.2, 0.25) is 0 Å². The summed E-state index contributed by atoms with van der Waals surface area (Å²) >= 11 is 0. The molecular formula is C11H16F3NO2. The Morgan fingerprint density at radius 3 is 2.76 bits per heavy atom. The van der Waals surface area contributed by atoms with Crippen LogP contribution in [-0.2, 0) is 4.79 Å². The molecule has 0 aromatic rings. The second-order valence-electron chi connectivity index (χ2n) is 4.47. The Morgan fingerprint density at radius 2 is 2.18 bits per heavy atom. The molecule has 0 bridgehead atoms. The van der Waals surface area contributed by atoms with Crippen molar-refractivity contribution >= 4 is 5.97 Å². The molecule has 4 unspecified atom stereocenters. The van der Waals surface area contributed by atoms with Gasteiger partial charge in [-0.1, -0.05) is 0 Å². The molecule has 0 saturated heterocycles. The zero-order valence-electron chi connectivity index (χ0n) is 9.28. The number of carboxylic acids is 1. The molecule has 0 radical (unpaired) electrons. The van der Waals surface area contributed by atoms with Gasteiger partial charge in [-0.15, -0.1) is 0 Å². The number of nitrogens with two attached hydrogens (primary N) is 1. The maximum absolute atomic E-state index is 13.2. The molecule has 0 aliphatic heterocycles. The minimum Gasteiger partial charge on any atom is -0.481 e. The van der Waals surface area contributed by atoms with Crippen LogP contribution in [0.4, 0.5) is 13.2 Å². The van der Waals surface area contributed by atoms with Crippen molar-refractivity contribution in [2.75, 3.05) is 0 Å². The lowest BCUT2D eigenvalue weighted by molar-refractivity contribution is -0.137. The van der Waals surface area contributed by atoms with E-state index in [4.69, 9.17) is 10.8 Å². The van der Waals surface area contributed by atoms with E-state index in [1.807, 2.05) is 0 Å². The summed E-state index contributed by atoms with van der Waals surface area (Å²) < 4.78 is 39.3. The summed E-state index contributed by atoms with van der Waals surface area (Å²) in [6.45, 7) is 0. The molecule has 17 heavy (non-hydrogen) atoms. The summed E-state index contributed by atoms with van der Waals surface area (Å²) in [5, 5.41) is 8.52. The third kappa shape index (κ3) is 4.77. The van der Waals surface area contributed by atoms with Crippen molar-refractivity contribution in [1.82, 2.24) is 0 Å². The summed E-state index contributed by atoms with van der Waals surface area (Å²) in [5.74, 6) is -2.56. The van der Waals surface area contributed by atoms with E-state index in [0.29, 0.717) is 6.08 Å². The van der Waals surface area contributed by atoms with Gasteiger partial charge in [-0.05, 0) is 31.3 Å². The molecule has 0 fully saturated rings. The number of hydrogen-bond donors (Lipinski definition) is 2. The summed E-state index contributed by atoms with van der Waals surface area (Å²) in [5.41, 5.74) is 5.55. The van der Waals surface area contributed by atoms with E-state index in [1.165, 1.54) is 0 Å². The molecule has 3 nitrogen and oxygen atoms in total. The zero-order chi connectivity index (χ0) is 13.0. The first kappa shape index (κ1) is 14.0. The van der Waals surface area contributed by atoms with E-state index < -0.39 is 36.1 Å².